The summed E-state index contributed by atoms with van der Waals surface area (Å²) in [5.41, 5.74) is 2.56. The molecule has 2 N–H and O–H groups in total. The molecule has 2 saturated heterocycles. The van der Waals surface area contributed by atoms with Crippen molar-refractivity contribution in [1.29, 1.82) is 0 Å². The number of aryl methyl sites for hydroxylation is 2. The number of fused-ring (bicyclic) bond motifs is 2. The highest BCUT2D eigenvalue weighted by Crippen LogP contribution is 2.47. The van der Waals surface area contributed by atoms with Crippen LogP contribution < -0.4 is 20.9 Å². The van der Waals surface area contributed by atoms with Crippen LogP contribution in [0.4, 0.5) is 29.5 Å². The molecule has 0 saturated carbocycles. The first kappa shape index (κ1) is 38.9. The van der Waals surface area contributed by atoms with Gasteiger partial charge >= 0.3 is 12.2 Å². The van der Waals surface area contributed by atoms with E-state index in [1.54, 1.807) is 43.4 Å². The van der Waals surface area contributed by atoms with Crippen LogP contribution in [0.1, 0.15) is 42.1 Å². The van der Waals surface area contributed by atoms with Crippen molar-refractivity contribution >= 4 is 51.5 Å². The minimum absolute atomic E-state index is 0.0258. The maximum Gasteiger partial charge on any atom is 0.433 e. The molecule has 1 spiro atoms. The van der Waals surface area contributed by atoms with Crippen LogP contribution in [0.2, 0.25) is 10.0 Å². The molecule has 2 aliphatic heterocycles. The standard InChI is InChI=1S/C40H39Cl2F3N8O4/c1-51-37(54)32-23(20-46-51)19-30(40(43,44)45)49-35(32)47-27-9-5-7-25(34(27)42)24-6-4-8-26(33(24)41)28-18-22-10-11-29(31(22)36(48-28)57-3)53-15-13-39(21-53)12-14-52(16-17-56-2)38(55)50-39/h4-9,18-20,29H,10-17,21H2,1-3H3,(H,47,49)(H,50,55)/t29-,39-/m0/s1. The highest BCUT2D eigenvalue weighted by atomic mass is 35.5. The monoisotopic (exact) mass is 822 g/mol. The number of anilines is 2. The molecular weight excluding hydrogens is 784 g/mol. The van der Waals surface area contributed by atoms with Crippen molar-refractivity contribution in [3.05, 3.63) is 91.9 Å². The number of ether oxygens (including phenoxy) is 2. The molecule has 12 nitrogen and oxygen atoms in total. The molecule has 298 valence electrons. The smallest absolute Gasteiger partial charge is 0.433 e. The number of nitrogens with one attached hydrogen (secondary N) is 2. The van der Waals surface area contributed by atoms with E-state index in [2.05, 4.69) is 25.6 Å². The molecule has 2 aromatic carbocycles. The van der Waals surface area contributed by atoms with E-state index >= 15 is 0 Å². The average molecular weight is 824 g/mol. The van der Waals surface area contributed by atoms with E-state index in [9.17, 15) is 22.8 Å². The maximum atomic E-state index is 13.9. The van der Waals surface area contributed by atoms with E-state index in [1.165, 1.54) is 13.2 Å². The Labute approximate surface area is 335 Å². The van der Waals surface area contributed by atoms with Crippen LogP contribution in [0.3, 0.4) is 0 Å². The van der Waals surface area contributed by atoms with Crippen LogP contribution in [0, 0.1) is 0 Å². The summed E-state index contributed by atoms with van der Waals surface area (Å²) in [5, 5.41) is 10.5. The quantitative estimate of drug-likeness (QED) is 0.154. The van der Waals surface area contributed by atoms with Gasteiger partial charge in [0.2, 0.25) is 5.88 Å². The molecule has 5 aromatic rings. The molecule has 2 fully saturated rings. The minimum atomic E-state index is -4.78. The third-order valence-corrected chi connectivity index (χ3v) is 12.1. The number of amides is 2. The fourth-order valence-corrected chi connectivity index (χ4v) is 8.94. The summed E-state index contributed by atoms with van der Waals surface area (Å²) in [5.74, 6) is 0.198. The van der Waals surface area contributed by atoms with Gasteiger partial charge < -0.3 is 25.0 Å². The zero-order valence-corrected chi connectivity index (χ0v) is 32.9. The molecule has 1 aliphatic carbocycles. The van der Waals surface area contributed by atoms with E-state index in [0.717, 1.165) is 60.6 Å². The number of methoxy groups -OCH3 is 2. The second kappa shape index (κ2) is 15.1. The second-order valence-corrected chi connectivity index (χ2v) is 15.4. The van der Waals surface area contributed by atoms with Crippen molar-refractivity contribution in [3.63, 3.8) is 0 Å². The Morgan fingerprint density at radius 2 is 1.74 bits per heavy atom. The topological polar surface area (TPSA) is 127 Å². The summed E-state index contributed by atoms with van der Waals surface area (Å²) in [7, 11) is 4.63. The third-order valence-electron chi connectivity index (χ3n) is 11.3. The molecule has 0 radical (unpaired) electrons. The van der Waals surface area contributed by atoms with Crippen LogP contribution >= 0.6 is 23.2 Å². The van der Waals surface area contributed by atoms with Crippen molar-refractivity contribution in [2.24, 2.45) is 7.05 Å². The van der Waals surface area contributed by atoms with E-state index < -0.39 is 17.4 Å². The number of carbonyl (C=O) groups excluding carboxylic acids is 1. The number of benzene rings is 2. The van der Waals surface area contributed by atoms with Gasteiger partial charge in [0.1, 0.15) is 11.5 Å². The van der Waals surface area contributed by atoms with Gasteiger partial charge in [0.05, 0.1) is 52.3 Å². The Morgan fingerprint density at radius 3 is 2.47 bits per heavy atom. The number of carbonyl (C=O) groups is 1. The molecule has 3 aromatic heterocycles. The van der Waals surface area contributed by atoms with E-state index in [1.807, 2.05) is 18.2 Å². The number of urea groups is 1. The number of rotatable bonds is 9. The number of aromatic nitrogens is 4. The van der Waals surface area contributed by atoms with Gasteiger partial charge in [-0.3, -0.25) is 9.69 Å². The summed E-state index contributed by atoms with van der Waals surface area (Å²) >= 11 is 14.1. The second-order valence-electron chi connectivity index (χ2n) is 14.7. The highest BCUT2D eigenvalue weighted by Gasteiger charge is 2.46. The molecule has 0 bridgehead atoms. The first-order valence-electron chi connectivity index (χ1n) is 18.5. The largest absolute Gasteiger partial charge is 0.481 e. The normalized spacial score (nSPS) is 19.7. The molecule has 8 rings (SSSR count). The summed E-state index contributed by atoms with van der Waals surface area (Å²) in [6, 6.07) is 13.3. The van der Waals surface area contributed by atoms with E-state index in [0.29, 0.717) is 53.0 Å². The van der Waals surface area contributed by atoms with Crippen molar-refractivity contribution in [3.8, 4) is 28.3 Å². The number of pyridine rings is 2. The number of likely N-dealkylation sites (tertiary alicyclic amines) is 1. The van der Waals surface area contributed by atoms with Crippen molar-refractivity contribution in [1.82, 2.24) is 34.9 Å². The van der Waals surface area contributed by atoms with Gasteiger partial charge in [-0.2, -0.15) is 18.3 Å². The number of alkyl halides is 3. The first-order chi connectivity index (χ1) is 27.3. The van der Waals surface area contributed by atoms with Crippen molar-refractivity contribution < 1.29 is 27.4 Å². The van der Waals surface area contributed by atoms with Crippen molar-refractivity contribution in [2.75, 3.05) is 52.3 Å². The van der Waals surface area contributed by atoms with Gasteiger partial charge in [0.25, 0.3) is 5.56 Å². The summed E-state index contributed by atoms with van der Waals surface area (Å²) < 4.78 is 53.7. The lowest BCUT2D eigenvalue weighted by molar-refractivity contribution is -0.141. The third kappa shape index (κ3) is 7.15. The van der Waals surface area contributed by atoms with Crippen LogP contribution in [0.5, 0.6) is 5.88 Å². The molecule has 2 atom stereocenters. The Bertz CT molecular complexity index is 2470. The van der Waals surface area contributed by atoms with Gasteiger partial charge in [-0.15, -0.1) is 0 Å². The number of halogens is 5. The summed E-state index contributed by atoms with van der Waals surface area (Å²) in [6.07, 6.45) is -0.187. The van der Waals surface area contributed by atoms with Crippen LogP contribution in [-0.4, -0.2) is 88.1 Å². The Hall–Kier alpha value is -4.96. The number of hydrogen-bond donors (Lipinski definition) is 2. The van der Waals surface area contributed by atoms with Gasteiger partial charge in [0.15, 0.2) is 0 Å². The first-order valence-corrected chi connectivity index (χ1v) is 19.2. The Morgan fingerprint density at radius 1 is 1.00 bits per heavy atom. The Kier molecular flexibility index (Phi) is 10.3. The van der Waals surface area contributed by atoms with Crippen LogP contribution in [0.25, 0.3) is 33.2 Å². The molecule has 17 heteroatoms. The van der Waals surface area contributed by atoms with Gasteiger partial charge in [-0.1, -0.05) is 53.5 Å². The predicted molar refractivity (Wildman–Crippen MR) is 211 cm³/mol. The predicted octanol–water partition coefficient (Wildman–Crippen LogP) is 7.63. The molecule has 2 amide bonds. The van der Waals surface area contributed by atoms with Gasteiger partial charge in [0, 0.05) is 74.0 Å². The lowest BCUT2D eigenvalue weighted by Crippen LogP contribution is -2.61. The summed E-state index contributed by atoms with van der Waals surface area (Å²) in [4.78, 5) is 39.0. The zero-order valence-electron chi connectivity index (χ0n) is 31.3. The van der Waals surface area contributed by atoms with Crippen molar-refractivity contribution in [2.45, 2.75) is 43.4 Å². The van der Waals surface area contributed by atoms with E-state index in [4.69, 9.17) is 37.7 Å². The number of nitrogens with zero attached hydrogens (tertiary/aromatic N) is 6. The van der Waals surface area contributed by atoms with E-state index in [-0.39, 0.29) is 44.9 Å². The molecular formula is C40H39Cl2F3N8O4. The lowest BCUT2D eigenvalue weighted by Gasteiger charge is -2.40. The van der Waals surface area contributed by atoms with Gasteiger partial charge in [-0.25, -0.2) is 19.4 Å². The summed E-state index contributed by atoms with van der Waals surface area (Å²) in [6.45, 7) is 3.33. The fraction of sp³-hybridized carbons (Fsp3) is 0.375. The molecule has 5 heterocycles. The SMILES string of the molecule is COCCN1CC[C@@]2(CCN([C@H]3CCc4cc(-c5cccc(-c6cccc(Nc7nc(C(F)(F)F)cc8cnn(C)c(=O)c78)c6Cl)c5Cl)nc(OC)c43)C2)NC1=O. The highest BCUT2D eigenvalue weighted by molar-refractivity contribution is 6.39. The minimum Gasteiger partial charge on any atom is -0.481 e. The Balaban J connectivity index is 1.08. The molecule has 0 unspecified atom stereocenters. The fourth-order valence-electron chi connectivity index (χ4n) is 8.34. The number of hydrogen-bond acceptors (Lipinski definition) is 9. The average Bonchev–Trinajstić information content (AvgIpc) is 3.80. The van der Waals surface area contributed by atoms with Crippen LogP contribution in [0.15, 0.2) is 59.5 Å². The molecule has 57 heavy (non-hydrogen) atoms. The zero-order chi connectivity index (χ0) is 40.2. The van der Waals surface area contributed by atoms with Crippen LogP contribution in [-0.2, 0) is 24.4 Å². The maximum absolute atomic E-state index is 13.9. The molecule has 3 aliphatic rings. The lowest BCUT2D eigenvalue weighted by atomic mass is 9.92. The van der Waals surface area contributed by atoms with Gasteiger partial charge in [-0.05, 0) is 49.4 Å².